The van der Waals surface area contributed by atoms with Crippen LogP contribution in [0.5, 0.6) is 5.75 Å². The highest BCUT2D eigenvalue weighted by atomic mass is 32.1. The number of methoxy groups -OCH3 is 2. The van der Waals surface area contributed by atoms with E-state index >= 15 is 0 Å². The van der Waals surface area contributed by atoms with Gasteiger partial charge in [0.05, 0.1) is 32.6 Å². The summed E-state index contributed by atoms with van der Waals surface area (Å²) in [5.41, 5.74) is 5.64. The molecule has 0 aliphatic heterocycles. The number of nitrogens with one attached hydrogen (secondary N) is 1. The van der Waals surface area contributed by atoms with Crippen LogP contribution in [-0.2, 0) is 16.0 Å². The number of ether oxygens (including phenoxy) is 3. The summed E-state index contributed by atoms with van der Waals surface area (Å²) in [7, 11) is 2.89. The highest BCUT2D eigenvalue weighted by molar-refractivity contribution is 7.00. The Morgan fingerprint density at radius 2 is 1.81 bits per heavy atom. The maximum Gasteiger partial charge on any atom is 0.411 e. The van der Waals surface area contributed by atoms with Crippen LogP contribution >= 0.6 is 11.7 Å². The molecule has 0 radical (unpaired) electrons. The van der Waals surface area contributed by atoms with Crippen molar-refractivity contribution in [2.45, 2.75) is 13.5 Å². The van der Waals surface area contributed by atoms with Crippen molar-refractivity contribution in [2.75, 3.05) is 26.1 Å². The van der Waals surface area contributed by atoms with Gasteiger partial charge in [-0.2, -0.15) is 8.75 Å². The summed E-state index contributed by atoms with van der Waals surface area (Å²) in [5, 5.41) is 3.46. The Bertz CT molecular complexity index is 1620. The Morgan fingerprint density at radius 3 is 2.59 bits per heavy atom. The first-order chi connectivity index (χ1) is 18.0. The second kappa shape index (κ2) is 10.3. The molecule has 0 aliphatic rings. The lowest BCUT2D eigenvalue weighted by Gasteiger charge is -2.13. The van der Waals surface area contributed by atoms with Gasteiger partial charge in [0.1, 0.15) is 22.5 Å². The molecule has 0 saturated heterocycles. The number of carbonyl (C=O) groups excluding carboxylic acids is 2. The number of rotatable bonds is 7. The summed E-state index contributed by atoms with van der Waals surface area (Å²) in [6.07, 6.45) is -0.589. The summed E-state index contributed by atoms with van der Waals surface area (Å²) >= 11 is 1.16. The van der Waals surface area contributed by atoms with Gasteiger partial charge in [0.25, 0.3) is 0 Å². The van der Waals surface area contributed by atoms with Crippen LogP contribution in [0.2, 0.25) is 0 Å². The number of carbonyl (C=O) groups is 2. The third kappa shape index (κ3) is 4.58. The average molecular weight is 517 g/mol. The first-order valence-electron chi connectivity index (χ1n) is 11.6. The van der Waals surface area contributed by atoms with Gasteiger partial charge >= 0.3 is 12.1 Å². The maximum absolute atomic E-state index is 13.5. The number of amides is 1. The van der Waals surface area contributed by atoms with Gasteiger partial charge in [-0.15, -0.1) is 0 Å². The van der Waals surface area contributed by atoms with Crippen LogP contribution in [0, 0.1) is 0 Å². The zero-order valence-corrected chi connectivity index (χ0v) is 21.3. The minimum Gasteiger partial charge on any atom is -0.496 e. The van der Waals surface area contributed by atoms with Crippen molar-refractivity contribution in [3.8, 4) is 16.9 Å². The van der Waals surface area contributed by atoms with Crippen LogP contribution in [0.4, 0.5) is 10.5 Å². The molecule has 0 atom stereocenters. The van der Waals surface area contributed by atoms with E-state index in [9.17, 15) is 9.59 Å². The van der Waals surface area contributed by atoms with E-state index in [1.54, 1.807) is 20.1 Å². The fourth-order valence-electron chi connectivity index (χ4n) is 4.41. The van der Waals surface area contributed by atoms with Gasteiger partial charge < -0.3 is 18.8 Å². The molecule has 1 N–H and O–H groups in total. The molecule has 0 spiro atoms. The van der Waals surface area contributed by atoms with Crippen LogP contribution in [0.1, 0.15) is 23.0 Å². The van der Waals surface area contributed by atoms with Gasteiger partial charge in [-0.05, 0) is 48.9 Å². The van der Waals surface area contributed by atoms with E-state index in [1.165, 1.54) is 7.11 Å². The molecular formula is C27H24N4O5S. The number of hydrogen-bond donors (Lipinski definition) is 1. The third-order valence-corrected chi connectivity index (χ3v) is 6.56. The van der Waals surface area contributed by atoms with Crippen molar-refractivity contribution >= 4 is 51.4 Å². The van der Waals surface area contributed by atoms with Gasteiger partial charge in [-0.1, -0.05) is 24.3 Å². The zero-order valence-electron chi connectivity index (χ0n) is 20.5. The molecule has 0 unspecified atom stereocenters. The Kier molecular flexibility index (Phi) is 6.74. The van der Waals surface area contributed by atoms with Crippen LogP contribution in [0.15, 0.2) is 60.7 Å². The summed E-state index contributed by atoms with van der Waals surface area (Å²) in [4.78, 5) is 25.4. The van der Waals surface area contributed by atoms with E-state index in [2.05, 4.69) is 14.1 Å². The Hall–Kier alpha value is -4.44. The average Bonchev–Trinajstić information content (AvgIpc) is 3.50. The first-order valence-corrected chi connectivity index (χ1v) is 12.3. The number of fused-ring (bicyclic) bond motifs is 2. The second-order valence-corrected chi connectivity index (χ2v) is 8.69. The monoisotopic (exact) mass is 516 g/mol. The van der Waals surface area contributed by atoms with Crippen molar-refractivity contribution < 1.29 is 23.8 Å². The van der Waals surface area contributed by atoms with Gasteiger partial charge in [0.15, 0.2) is 0 Å². The molecule has 37 heavy (non-hydrogen) atoms. The smallest absolute Gasteiger partial charge is 0.411 e. The van der Waals surface area contributed by atoms with E-state index in [4.69, 9.17) is 14.2 Å². The molecule has 5 aromatic rings. The zero-order chi connectivity index (χ0) is 25.9. The van der Waals surface area contributed by atoms with Crippen molar-refractivity contribution in [3.05, 3.63) is 71.9 Å². The standard InChI is InChI=1S/C27H24N4O5S/c1-4-36-26(32)25-24(18-7-5-6-8-23(18)34-2)19-14-17(28-27(33)35-3)10-12-22(19)31(25)15-16-9-11-20-21(13-16)30-37-29-20/h5-14H,4,15H2,1-3H3,(H,28,33). The largest absolute Gasteiger partial charge is 0.496 e. The minimum atomic E-state index is -0.589. The van der Waals surface area contributed by atoms with Crippen LogP contribution in [-0.4, -0.2) is 46.2 Å². The minimum absolute atomic E-state index is 0.220. The quantitative estimate of drug-likeness (QED) is 0.276. The van der Waals surface area contributed by atoms with Crippen molar-refractivity contribution in [3.63, 3.8) is 0 Å². The fraction of sp³-hybridized carbons (Fsp3) is 0.185. The number of nitrogens with zero attached hydrogens (tertiary/aromatic N) is 3. The summed E-state index contributed by atoms with van der Waals surface area (Å²) in [6.45, 7) is 2.38. The molecule has 5 rings (SSSR count). The lowest BCUT2D eigenvalue weighted by Crippen LogP contribution is -2.14. The lowest BCUT2D eigenvalue weighted by molar-refractivity contribution is 0.0516. The van der Waals surface area contributed by atoms with Crippen molar-refractivity contribution in [1.82, 2.24) is 13.3 Å². The highest BCUT2D eigenvalue weighted by Crippen LogP contribution is 2.41. The SMILES string of the molecule is CCOC(=O)c1c(-c2ccccc2OC)c2cc(NC(=O)OC)ccc2n1Cc1ccc2nsnc2c1. The molecule has 0 saturated carbocycles. The molecule has 2 heterocycles. The van der Waals surface area contributed by atoms with Gasteiger partial charge in [0.2, 0.25) is 0 Å². The molecule has 9 nitrogen and oxygen atoms in total. The number of hydrogen-bond acceptors (Lipinski definition) is 8. The molecule has 0 aliphatic carbocycles. The molecule has 2 aromatic heterocycles. The molecule has 3 aromatic carbocycles. The van der Waals surface area contributed by atoms with Crippen LogP contribution in [0.3, 0.4) is 0 Å². The number of esters is 1. The summed E-state index contributed by atoms with van der Waals surface area (Å²) in [5.74, 6) is 0.145. The molecule has 0 fully saturated rings. The number of benzene rings is 3. The Labute approximate surface area is 216 Å². The van der Waals surface area contributed by atoms with Crippen LogP contribution in [0.25, 0.3) is 33.1 Å². The summed E-state index contributed by atoms with van der Waals surface area (Å²) < 4.78 is 26.5. The predicted molar refractivity (Wildman–Crippen MR) is 142 cm³/mol. The Balaban J connectivity index is 1.79. The van der Waals surface area contributed by atoms with Crippen molar-refractivity contribution in [1.29, 1.82) is 0 Å². The summed E-state index contributed by atoms with van der Waals surface area (Å²) in [6, 6.07) is 18.8. The normalized spacial score (nSPS) is 11.0. The number of para-hydroxylation sites is 1. The third-order valence-electron chi connectivity index (χ3n) is 6.00. The molecule has 188 valence electrons. The molecule has 10 heteroatoms. The maximum atomic E-state index is 13.5. The topological polar surface area (TPSA) is 105 Å². The van der Waals surface area contributed by atoms with E-state index in [0.717, 1.165) is 44.8 Å². The van der Waals surface area contributed by atoms with E-state index in [-0.39, 0.29) is 6.61 Å². The highest BCUT2D eigenvalue weighted by Gasteiger charge is 2.27. The lowest BCUT2D eigenvalue weighted by atomic mass is 10.0. The fourth-order valence-corrected chi connectivity index (χ4v) is 4.93. The van der Waals surface area contributed by atoms with Gasteiger partial charge in [0, 0.05) is 34.3 Å². The van der Waals surface area contributed by atoms with Gasteiger partial charge in [-0.3, -0.25) is 5.32 Å². The number of anilines is 1. The Morgan fingerprint density at radius 1 is 1.00 bits per heavy atom. The van der Waals surface area contributed by atoms with E-state index in [0.29, 0.717) is 29.2 Å². The van der Waals surface area contributed by atoms with E-state index < -0.39 is 12.1 Å². The van der Waals surface area contributed by atoms with E-state index in [1.807, 2.05) is 59.2 Å². The first kappa shape index (κ1) is 24.3. The molecule has 1 amide bonds. The molecule has 0 bridgehead atoms. The number of aromatic nitrogens is 3. The van der Waals surface area contributed by atoms with Crippen LogP contribution < -0.4 is 10.1 Å². The predicted octanol–water partition coefficient (Wildman–Crippen LogP) is 5.72. The van der Waals surface area contributed by atoms with Gasteiger partial charge in [-0.25, -0.2) is 9.59 Å². The van der Waals surface area contributed by atoms with Crippen molar-refractivity contribution in [2.24, 2.45) is 0 Å². The second-order valence-electron chi connectivity index (χ2n) is 8.17. The molecular weight excluding hydrogens is 492 g/mol.